The van der Waals surface area contributed by atoms with Crippen molar-refractivity contribution in [3.8, 4) is 5.75 Å². The Kier molecular flexibility index (Phi) is 6.77. The maximum absolute atomic E-state index is 12.7. The van der Waals surface area contributed by atoms with Gasteiger partial charge in [0.25, 0.3) is 0 Å². The molecule has 170 valence electrons. The molecule has 2 N–H and O–H groups in total. The molecule has 4 rings (SSSR count). The lowest BCUT2D eigenvalue weighted by molar-refractivity contribution is -0.118. The number of rotatable bonds is 6. The quantitative estimate of drug-likeness (QED) is 0.728. The molecule has 2 aromatic rings. The number of fused-ring (bicyclic) bond motifs is 1. The van der Waals surface area contributed by atoms with Crippen LogP contribution in [0.15, 0.2) is 48.5 Å². The van der Waals surface area contributed by atoms with Crippen molar-refractivity contribution in [1.82, 2.24) is 9.80 Å². The Labute approximate surface area is 189 Å². The summed E-state index contributed by atoms with van der Waals surface area (Å²) in [5.41, 5.74) is 2.79. The highest BCUT2D eigenvalue weighted by molar-refractivity contribution is 5.93. The number of methoxy groups -OCH3 is 1. The average molecular weight is 437 g/mol. The summed E-state index contributed by atoms with van der Waals surface area (Å²) in [6.07, 6.45) is 1.08. The second kappa shape index (κ2) is 9.71. The van der Waals surface area contributed by atoms with E-state index in [9.17, 15) is 9.59 Å². The Morgan fingerprint density at radius 3 is 2.28 bits per heavy atom. The van der Waals surface area contributed by atoms with Gasteiger partial charge in [-0.2, -0.15) is 0 Å². The van der Waals surface area contributed by atoms with Crippen LogP contribution in [0.2, 0.25) is 0 Å². The molecule has 0 unspecified atom stereocenters. The molecule has 2 amide bonds. The van der Waals surface area contributed by atoms with Crippen LogP contribution in [0.3, 0.4) is 0 Å². The number of carbonyl (C=O) groups is 2. The van der Waals surface area contributed by atoms with Gasteiger partial charge in [-0.3, -0.25) is 14.5 Å². The minimum Gasteiger partial charge on any atom is -0.497 e. The van der Waals surface area contributed by atoms with Crippen LogP contribution in [0.5, 0.6) is 5.75 Å². The first kappa shape index (κ1) is 22.3. The van der Waals surface area contributed by atoms with Crippen molar-refractivity contribution in [3.63, 3.8) is 0 Å². The Bertz CT molecular complexity index is 945. The zero-order valence-electron chi connectivity index (χ0n) is 19.0. The van der Waals surface area contributed by atoms with Gasteiger partial charge < -0.3 is 20.3 Å². The van der Waals surface area contributed by atoms with Crippen LogP contribution in [0, 0.1) is 5.92 Å². The number of ether oxygens (including phenoxy) is 1. The number of piperidine rings is 1. The molecular weight excluding hydrogens is 404 g/mol. The van der Waals surface area contributed by atoms with Gasteiger partial charge in [-0.15, -0.1) is 0 Å². The van der Waals surface area contributed by atoms with Gasteiger partial charge in [0.05, 0.1) is 13.7 Å². The molecule has 2 heterocycles. The molecule has 7 heteroatoms. The van der Waals surface area contributed by atoms with E-state index in [0.717, 1.165) is 37.5 Å². The Hall–Kier alpha value is -2.90. The second-order valence-electron chi connectivity index (χ2n) is 8.88. The number of nitrogens with one attached hydrogen (secondary N) is 2. The van der Waals surface area contributed by atoms with Gasteiger partial charge in [0, 0.05) is 49.9 Å². The molecule has 2 saturated heterocycles. The van der Waals surface area contributed by atoms with Gasteiger partial charge in [0.1, 0.15) is 5.75 Å². The predicted octanol–water partition coefficient (Wildman–Crippen LogP) is 3.01. The molecule has 7 nitrogen and oxygen atoms in total. The normalized spacial score (nSPS) is 23.4. The average Bonchev–Trinajstić information content (AvgIpc) is 3.10. The molecule has 0 spiro atoms. The molecule has 2 fully saturated rings. The van der Waals surface area contributed by atoms with Gasteiger partial charge >= 0.3 is 0 Å². The summed E-state index contributed by atoms with van der Waals surface area (Å²) in [5, 5.41) is 5.71. The first-order chi connectivity index (χ1) is 15.4. The SMILES string of the molecule is COc1ccc([C@H]2CN(C)[C@@H]3CCN(CC(=O)Nc4ccc(NC(C)=O)cc4)C[C@H]23)cc1. The molecule has 0 aromatic heterocycles. The van der Waals surface area contributed by atoms with Crippen molar-refractivity contribution in [1.29, 1.82) is 0 Å². The van der Waals surface area contributed by atoms with E-state index in [1.807, 2.05) is 12.1 Å². The monoisotopic (exact) mass is 436 g/mol. The van der Waals surface area contributed by atoms with E-state index in [0.29, 0.717) is 30.1 Å². The third kappa shape index (κ3) is 5.11. The number of likely N-dealkylation sites (tertiary alicyclic amines) is 2. The summed E-state index contributed by atoms with van der Waals surface area (Å²) in [4.78, 5) is 28.6. The molecule has 2 aliphatic rings. The maximum Gasteiger partial charge on any atom is 0.238 e. The molecule has 0 radical (unpaired) electrons. The molecule has 32 heavy (non-hydrogen) atoms. The largest absolute Gasteiger partial charge is 0.497 e. The fourth-order valence-electron chi connectivity index (χ4n) is 5.15. The second-order valence-corrected chi connectivity index (χ2v) is 8.88. The number of nitrogens with zero attached hydrogens (tertiary/aromatic N) is 2. The van der Waals surface area contributed by atoms with Crippen LogP contribution in [0.1, 0.15) is 24.8 Å². The van der Waals surface area contributed by atoms with E-state index in [1.165, 1.54) is 12.5 Å². The topological polar surface area (TPSA) is 73.9 Å². The van der Waals surface area contributed by atoms with E-state index in [-0.39, 0.29) is 11.8 Å². The molecule has 0 aliphatic carbocycles. The van der Waals surface area contributed by atoms with Crippen LogP contribution in [0.25, 0.3) is 0 Å². The third-order valence-corrected chi connectivity index (χ3v) is 6.67. The lowest BCUT2D eigenvalue weighted by Crippen LogP contribution is -2.47. The summed E-state index contributed by atoms with van der Waals surface area (Å²) in [6.45, 7) is 4.74. The minimum absolute atomic E-state index is 0.0110. The number of hydrogen-bond acceptors (Lipinski definition) is 5. The summed E-state index contributed by atoms with van der Waals surface area (Å²) in [7, 11) is 3.91. The van der Waals surface area contributed by atoms with E-state index in [1.54, 1.807) is 31.4 Å². The number of carbonyl (C=O) groups excluding carboxylic acids is 2. The maximum atomic E-state index is 12.7. The number of hydrogen-bond donors (Lipinski definition) is 2. The number of likely N-dealkylation sites (N-methyl/N-ethyl adjacent to an activating group) is 1. The predicted molar refractivity (Wildman–Crippen MR) is 126 cm³/mol. The summed E-state index contributed by atoms with van der Waals surface area (Å²) in [5.74, 6) is 1.72. The van der Waals surface area contributed by atoms with E-state index in [2.05, 4.69) is 39.6 Å². The fourth-order valence-corrected chi connectivity index (χ4v) is 5.15. The lowest BCUT2D eigenvalue weighted by Gasteiger charge is -2.38. The van der Waals surface area contributed by atoms with E-state index < -0.39 is 0 Å². The van der Waals surface area contributed by atoms with E-state index >= 15 is 0 Å². The van der Waals surface area contributed by atoms with Crippen LogP contribution in [-0.2, 0) is 9.59 Å². The minimum atomic E-state index is -0.115. The van der Waals surface area contributed by atoms with Crippen molar-refractivity contribution >= 4 is 23.2 Å². The van der Waals surface area contributed by atoms with Gasteiger partial charge in [-0.25, -0.2) is 0 Å². The number of benzene rings is 2. The first-order valence-corrected chi connectivity index (χ1v) is 11.2. The zero-order valence-corrected chi connectivity index (χ0v) is 19.0. The Morgan fingerprint density at radius 1 is 1.00 bits per heavy atom. The van der Waals surface area contributed by atoms with Crippen molar-refractivity contribution in [2.24, 2.45) is 5.92 Å². The highest BCUT2D eigenvalue weighted by Crippen LogP contribution is 2.41. The highest BCUT2D eigenvalue weighted by Gasteiger charge is 2.43. The molecule has 0 bridgehead atoms. The smallest absolute Gasteiger partial charge is 0.238 e. The lowest BCUT2D eigenvalue weighted by atomic mass is 9.82. The third-order valence-electron chi connectivity index (χ3n) is 6.67. The number of amides is 2. The molecular formula is C25H32N4O3. The van der Waals surface area contributed by atoms with Gasteiger partial charge in [-0.05, 0) is 61.3 Å². The summed E-state index contributed by atoms with van der Waals surface area (Å²) in [6, 6.07) is 16.2. The molecule has 3 atom stereocenters. The fraction of sp³-hybridized carbons (Fsp3) is 0.440. The van der Waals surface area contributed by atoms with Crippen molar-refractivity contribution in [2.45, 2.75) is 25.3 Å². The molecule has 0 saturated carbocycles. The van der Waals surface area contributed by atoms with Crippen LogP contribution >= 0.6 is 0 Å². The van der Waals surface area contributed by atoms with Gasteiger partial charge in [0.2, 0.25) is 11.8 Å². The number of anilines is 2. The summed E-state index contributed by atoms with van der Waals surface area (Å²) < 4.78 is 5.31. The summed E-state index contributed by atoms with van der Waals surface area (Å²) >= 11 is 0. The zero-order chi connectivity index (χ0) is 22.7. The molecule has 2 aromatic carbocycles. The highest BCUT2D eigenvalue weighted by atomic mass is 16.5. The van der Waals surface area contributed by atoms with Gasteiger partial charge in [0.15, 0.2) is 0 Å². The van der Waals surface area contributed by atoms with Crippen LogP contribution in [0.4, 0.5) is 11.4 Å². The van der Waals surface area contributed by atoms with Crippen LogP contribution < -0.4 is 15.4 Å². The Morgan fingerprint density at radius 2 is 1.66 bits per heavy atom. The van der Waals surface area contributed by atoms with Crippen LogP contribution in [-0.4, -0.2) is 68.0 Å². The van der Waals surface area contributed by atoms with Crippen molar-refractivity contribution in [2.75, 3.05) is 51.0 Å². The standard InChI is InChI=1S/C25H32N4O3/c1-17(30)26-19-6-8-20(9-7-19)27-25(31)16-29-13-12-24-23(15-29)22(14-28(24)2)18-4-10-21(32-3)11-5-18/h4-11,22-24H,12-16H2,1-3H3,(H,26,30)(H,27,31)/t22-,23-,24-/m1/s1. The molecule has 2 aliphatic heterocycles. The Balaban J connectivity index is 1.36. The van der Waals surface area contributed by atoms with Crippen molar-refractivity contribution < 1.29 is 14.3 Å². The first-order valence-electron chi connectivity index (χ1n) is 11.2. The van der Waals surface area contributed by atoms with Crippen molar-refractivity contribution in [3.05, 3.63) is 54.1 Å². The van der Waals surface area contributed by atoms with E-state index in [4.69, 9.17) is 4.74 Å². The van der Waals surface area contributed by atoms with Gasteiger partial charge in [-0.1, -0.05) is 12.1 Å².